The van der Waals surface area contributed by atoms with Crippen molar-refractivity contribution in [2.24, 2.45) is 0 Å². The fourth-order valence-electron chi connectivity index (χ4n) is 1.51. The van der Waals surface area contributed by atoms with Crippen LogP contribution in [0.25, 0.3) is 0 Å². The molecule has 0 aromatic heterocycles. The van der Waals surface area contributed by atoms with E-state index in [1.165, 1.54) is 0 Å². The Balaban J connectivity index is 2.35. The number of rotatable bonds is 3. The number of nitrogens with zero attached hydrogens (tertiary/aromatic N) is 1. The van der Waals surface area contributed by atoms with Gasteiger partial charge in [-0.15, -0.1) is 0 Å². The fraction of sp³-hybridized carbons (Fsp3) is 0.889. The first-order valence-electron chi connectivity index (χ1n) is 4.92. The molecule has 1 aliphatic rings. The Bertz CT molecular complexity index is 224. The van der Waals surface area contributed by atoms with Gasteiger partial charge >= 0.3 is 6.09 Å². The van der Waals surface area contributed by atoms with Crippen molar-refractivity contribution in [2.45, 2.75) is 31.7 Å². The molecular formula is C9H16FNO4. The third-order valence-corrected chi connectivity index (χ3v) is 2.30. The van der Waals surface area contributed by atoms with Gasteiger partial charge in [0.05, 0.1) is 25.4 Å². The summed E-state index contributed by atoms with van der Waals surface area (Å²) in [5.41, 5.74) is 0. The van der Waals surface area contributed by atoms with Crippen LogP contribution in [0.3, 0.4) is 0 Å². The molecule has 1 saturated heterocycles. The van der Waals surface area contributed by atoms with Crippen LogP contribution in [0.4, 0.5) is 9.18 Å². The predicted molar refractivity (Wildman–Crippen MR) is 50.5 cm³/mol. The van der Waals surface area contributed by atoms with Gasteiger partial charge in [-0.25, -0.2) is 9.18 Å². The van der Waals surface area contributed by atoms with Crippen LogP contribution in [0.2, 0.25) is 0 Å². The van der Waals surface area contributed by atoms with E-state index in [4.69, 9.17) is 14.9 Å². The predicted octanol–water partition coefficient (Wildman–Crippen LogP) is 0.474. The summed E-state index contributed by atoms with van der Waals surface area (Å²) in [6.07, 6.45) is -3.31. The van der Waals surface area contributed by atoms with Crippen molar-refractivity contribution >= 4 is 6.09 Å². The number of aliphatic hydroxyl groups excluding tert-OH is 1. The average Bonchev–Trinajstić information content (AvgIpc) is 2.15. The van der Waals surface area contributed by atoms with Crippen LogP contribution in [-0.2, 0) is 4.74 Å². The van der Waals surface area contributed by atoms with E-state index in [0.29, 0.717) is 6.42 Å². The largest absolute Gasteiger partial charge is 0.465 e. The van der Waals surface area contributed by atoms with E-state index in [-0.39, 0.29) is 19.7 Å². The van der Waals surface area contributed by atoms with Crippen LogP contribution < -0.4 is 0 Å². The second kappa shape index (κ2) is 5.27. The lowest BCUT2D eigenvalue weighted by Crippen LogP contribution is -2.48. The number of aliphatic hydroxyl groups is 1. The molecule has 6 heteroatoms. The van der Waals surface area contributed by atoms with E-state index < -0.39 is 24.5 Å². The van der Waals surface area contributed by atoms with Crippen molar-refractivity contribution in [3.8, 4) is 0 Å². The van der Waals surface area contributed by atoms with Gasteiger partial charge in [0.25, 0.3) is 0 Å². The van der Waals surface area contributed by atoms with Gasteiger partial charge in [-0.05, 0) is 13.3 Å². The zero-order valence-electron chi connectivity index (χ0n) is 8.60. The highest BCUT2D eigenvalue weighted by Crippen LogP contribution is 2.17. The summed E-state index contributed by atoms with van der Waals surface area (Å²) < 4.78 is 18.5. The van der Waals surface area contributed by atoms with Crippen molar-refractivity contribution < 1.29 is 24.1 Å². The highest BCUT2D eigenvalue weighted by Gasteiger charge is 2.32. The molecule has 0 spiro atoms. The van der Waals surface area contributed by atoms with Crippen LogP contribution in [0.5, 0.6) is 0 Å². The van der Waals surface area contributed by atoms with Gasteiger partial charge in [0.15, 0.2) is 0 Å². The molecule has 0 saturated carbocycles. The molecule has 1 fully saturated rings. The zero-order valence-corrected chi connectivity index (χ0v) is 8.60. The van der Waals surface area contributed by atoms with E-state index in [9.17, 15) is 9.18 Å². The van der Waals surface area contributed by atoms with Gasteiger partial charge in [-0.1, -0.05) is 0 Å². The van der Waals surface area contributed by atoms with Gasteiger partial charge in [-0.3, -0.25) is 0 Å². The van der Waals surface area contributed by atoms with E-state index >= 15 is 0 Å². The Morgan fingerprint density at radius 2 is 2.40 bits per heavy atom. The molecule has 1 heterocycles. The summed E-state index contributed by atoms with van der Waals surface area (Å²) >= 11 is 0. The van der Waals surface area contributed by atoms with E-state index in [1.807, 2.05) is 0 Å². The molecule has 15 heavy (non-hydrogen) atoms. The summed E-state index contributed by atoms with van der Waals surface area (Å²) in [6.45, 7) is 1.76. The molecule has 3 atom stereocenters. The Kier molecular flexibility index (Phi) is 4.28. The number of ether oxygens (including phenoxy) is 1. The number of piperidine rings is 1. The fourth-order valence-corrected chi connectivity index (χ4v) is 1.51. The Morgan fingerprint density at radius 1 is 1.73 bits per heavy atom. The molecule has 0 aromatic carbocycles. The van der Waals surface area contributed by atoms with Gasteiger partial charge in [0.1, 0.15) is 6.17 Å². The van der Waals surface area contributed by atoms with Crippen molar-refractivity contribution in [3.05, 3.63) is 0 Å². The molecule has 1 rings (SSSR count). The Morgan fingerprint density at radius 3 is 2.87 bits per heavy atom. The SMILES string of the molecule is CC(O)CO[C@@H]1CCN(C(=O)O)C[C@@H]1F. The normalized spacial score (nSPS) is 28.9. The van der Waals surface area contributed by atoms with Crippen LogP contribution in [0.1, 0.15) is 13.3 Å². The molecule has 1 aliphatic heterocycles. The molecule has 2 N–H and O–H groups in total. The van der Waals surface area contributed by atoms with E-state index in [2.05, 4.69) is 0 Å². The van der Waals surface area contributed by atoms with Crippen LogP contribution in [-0.4, -0.2) is 59.3 Å². The summed E-state index contributed by atoms with van der Waals surface area (Å²) in [6, 6.07) is 0. The van der Waals surface area contributed by atoms with Crippen molar-refractivity contribution in [1.29, 1.82) is 0 Å². The minimum Gasteiger partial charge on any atom is -0.465 e. The Labute approximate surface area is 87.4 Å². The third-order valence-electron chi connectivity index (χ3n) is 2.30. The molecule has 88 valence electrons. The first-order valence-corrected chi connectivity index (χ1v) is 4.92. The molecule has 5 nitrogen and oxygen atoms in total. The quantitative estimate of drug-likeness (QED) is 0.727. The highest BCUT2D eigenvalue weighted by atomic mass is 19.1. The minimum atomic E-state index is -1.31. The number of halogens is 1. The number of hydrogen-bond donors (Lipinski definition) is 2. The molecule has 0 radical (unpaired) electrons. The number of carbonyl (C=O) groups is 1. The molecule has 0 aromatic rings. The van der Waals surface area contributed by atoms with E-state index in [1.54, 1.807) is 6.92 Å². The summed E-state index contributed by atoms with van der Waals surface area (Å²) in [5.74, 6) is 0. The summed E-state index contributed by atoms with van der Waals surface area (Å²) in [4.78, 5) is 11.6. The van der Waals surface area contributed by atoms with Crippen LogP contribution in [0.15, 0.2) is 0 Å². The molecular weight excluding hydrogens is 205 g/mol. The van der Waals surface area contributed by atoms with Crippen molar-refractivity contribution in [2.75, 3.05) is 19.7 Å². The van der Waals surface area contributed by atoms with Gasteiger partial charge in [-0.2, -0.15) is 0 Å². The van der Waals surface area contributed by atoms with Crippen LogP contribution in [0, 0.1) is 0 Å². The molecule has 1 unspecified atom stereocenters. The second-order valence-corrected chi connectivity index (χ2v) is 3.75. The number of amides is 1. The van der Waals surface area contributed by atoms with Gasteiger partial charge < -0.3 is 19.8 Å². The number of hydrogen-bond acceptors (Lipinski definition) is 3. The highest BCUT2D eigenvalue weighted by molar-refractivity contribution is 5.65. The lowest BCUT2D eigenvalue weighted by molar-refractivity contribution is -0.0656. The lowest BCUT2D eigenvalue weighted by Gasteiger charge is -2.33. The Hall–Kier alpha value is -0.880. The lowest BCUT2D eigenvalue weighted by atomic mass is 10.1. The van der Waals surface area contributed by atoms with E-state index in [0.717, 1.165) is 4.90 Å². The topological polar surface area (TPSA) is 70.0 Å². The smallest absolute Gasteiger partial charge is 0.407 e. The average molecular weight is 221 g/mol. The van der Waals surface area contributed by atoms with Crippen molar-refractivity contribution in [1.82, 2.24) is 4.90 Å². The monoisotopic (exact) mass is 221 g/mol. The maximum absolute atomic E-state index is 13.4. The summed E-state index contributed by atoms with van der Waals surface area (Å²) in [7, 11) is 0. The van der Waals surface area contributed by atoms with Crippen molar-refractivity contribution in [3.63, 3.8) is 0 Å². The summed E-state index contributed by atoms with van der Waals surface area (Å²) in [5, 5.41) is 17.6. The van der Waals surface area contributed by atoms with Gasteiger partial charge in [0.2, 0.25) is 0 Å². The molecule has 0 bridgehead atoms. The third kappa shape index (κ3) is 3.64. The number of alkyl halides is 1. The minimum absolute atomic E-state index is 0.0815. The molecule has 0 aliphatic carbocycles. The first kappa shape index (κ1) is 12.2. The maximum Gasteiger partial charge on any atom is 0.407 e. The number of likely N-dealkylation sites (tertiary alicyclic amines) is 1. The maximum atomic E-state index is 13.4. The molecule has 1 amide bonds. The zero-order chi connectivity index (χ0) is 11.4. The van der Waals surface area contributed by atoms with Crippen LogP contribution >= 0.6 is 0 Å². The van der Waals surface area contributed by atoms with Gasteiger partial charge in [0, 0.05) is 6.54 Å². The number of carboxylic acid groups (broad SMARTS) is 1. The standard InChI is InChI=1S/C9H16FNO4/c1-6(12)5-15-8-2-3-11(9(13)14)4-7(8)10/h6-8,12H,2-5H2,1H3,(H,13,14)/t6?,7-,8+/m0/s1. The second-order valence-electron chi connectivity index (χ2n) is 3.75. The first-order chi connectivity index (χ1) is 7.00.